The highest BCUT2D eigenvalue weighted by molar-refractivity contribution is 6.30. The van der Waals surface area contributed by atoms with E-state index in [-0.39, 0.29) is 6.03 Å². The summed E-state index contributed by atoms with van der Waals surface area (Å²) in [6, 6.07) is 8.90. The van der Waals surface area contributed by atoms with Gasteiger partial charge in [0.05, 0.1) is 0 Å². The number of aromatic amines is 1. The zero-order chi connectivity index (χ0) is 14.5. The molecule has 20 heavy (non-hydrogen) atoms. The molecule has 2 amide bonds. The number of halogens is 1. The number of aromatic nitrogens is 1. The van der Waals surface area contributed by atoms with Crippen LogP contribution in [0.2, 0.25) is 5.02 Å². The van der Waals surface area contributed by atoms with Gasteiger partial charge < -0.3 is 15.6 Å². The van der Waals surface area contributed by atoms with Crippen LogP contribution in [0.15, 0.2) is 30.3 Å². The van der Waals surface area contributed by atoms with Crippen molar-refractivity contribution in [1.82, 2.24) is 10.3 Å². The second-order valence-corrected chi connectivity index (χ2v) is 5.18. The first-order valence-corrected chi connectivity index (χ1v) is 6.88. The number of amides is 2. The number of hydrogen-bond donors (Lipinski definition) is 3. The Morgan fingerprint density at radius 2 is 1.95 bits per heavy atom. The maximum atomic E-state index is 11.7. The van der Waals surface area contributed by atoms with E-state index in [1.165, 1.54) is 5.56 Å². The van der Waals surface area contributed by atoms with E-state index in [2.05, 4.69) is 21.7 Å². The third kappa shape index (κ3) is 4.03. The van der Waals surface area contributed by atoms with Gasteiger partial charge in [0.15, 0.2) is 0 Å². The third-order valence-corrected chi connectivity index (χ3v) is 3.29. The Labute approximate surface area is 123 Å². The molecule has 0 aliphatic carbocycles. The molecule has 0 fully saturated rings. The van der Waals surface area contributed by atoms with Crippen molar-refractivity contribution in [2.24, 2.45) is 0 Å². The fourth-order valence-corrected chi connectivity index (χ4v) is 2.19. The standard InChI is InChI=1S/C15H18ClN3O/c1-10-9-12(11(2)18-10)7-8-17-15(20)19-14-5-3-13(16)4-6-14/h3-6,9,18H,7-8H2,1-2H3,(H2,17,19,20). The fraction of sp³-hybridized carbons (Fsp3) is 0.267. The molecule has 0 unspecified atom stereocenters. The maximum absolute atomic E-state index is 11.7. The summed E-state index contributed by atoms with van der Waals surface area (Å²) in [4.78, 5) is 15.0. The Morgan fingerprint density at radius 1 is 1.25 bits per heavy atom. The Morgan fingerprint density at radius 3 is 2.55 bits per heavy atom. The van der Waals surface area contributed by atoms with Gasteiger partial charge in [-0.1, -0.05) is 11.6 Å². The second kappa shape index (κ2) is 6.48. The van der Waals surface area contributed by atoms with E-state index < -0.39 is 0 Å². The van der Waals surface area contributed by atoms with Gasteiger partial charge in [0.1, 0.15) is 0 Å². The van der Waals surface area contributed by atoms with Crippen LogP contribution in [-0.2, 0) is 6.42 Å². The summed E-state index contributed by atoms with van der Waals surface area (Å²) in [5.74, 6) is 0. The number of aryl methyl sites for hydroxylation is 2. The molecule has 1 heterocycles. The van der Waals surface area contributed by atoms with Crippen molar-refractivity contribution in [3.8, 4) is 0 Å². The van der Waals surface area contributed by atoms with Gasteiger partial charge in [0.25, 0.3) is 0 Å². The average molecular weight is 292 g/mol. The van der Waals surface area contributed by atoms with Crippen LogP contribution in [0.4, 0.5) is 10.5 Å². The van der Waals surface area contributed by atoms with E-state index in [0.717, 1.165) is 23.5 Å². The molecular weight excluding hydrogens is 274 g/mol. The molecule has 0 aliphatic heterocycles. The van der Waals surface area contributed by atoms with E-state index in [1.54, 1.807) is 24.3 Å². The Bertz CT molecular complexity index is 590. The van der Waals surface area contributed by atoms with Crippen LogP contribution in [0.3, 0.4) is 0 Å². The molecule has 0 spiro atoms. The molecule has 0 saturated heterocycles. The molecule has 0 aliphatic rings. The Kier molecular flexibility index (Phi) is 4.69. The lowest BCUT2D eigenvalue weighted by molar-refractivity contribution is 0.252. The van der Waals surface area contributed by atoms with E-state index in [1.807, 2.05) is 13.8 Å². The third-order valence-electron chi connectivity index (χ3n) is 3.04. The van der Waals surface area contributed by atoms with Crippen LogP contribution < -0.4 is 10.6 Å². The summed E-state index contributed by atoms with van der Waals surface area (Å²) in [7, 11) is 0. The SMILES string of the molecule is Cc1cc(CCNC(=O)Nc2ccc(Cl)cc2)c(C)[nH]1. The fourth-order valence-electron chi connectivity index (χ4n) is 2.06. The number of carbonyl (C=O) groups is 1. The lowest BCUT2D eigenvalue weighted by Crippen LogP contribution is -2.30. The summed E-state index contributed by atoms with van der Waals surface area (Å²) in [5, 5.41) is 6.24. The number of anilines is 1. The number of carbonyl (C=O) groups excluding carboxylic acids is 1. The highest BCUT2D eigenvalue weighted by Gasteiger charge is 2.04. The molecule has 0 bridgehead atoms. The summed E-state index contributed by atoms with van der Waals surface area (Å²) < 4.78 is 0. The van der Waals surface area contributed by atoms with Crippen LogP contribution in [0.5, 0.6) is 0 Å². The van der Waals surface area contributed by atoms with Crippen LogP contribution in [-0.4, -0.2) is 17.6 Å². The first-order valence-electron chi connectivity index (χ1n) is 6.50. The van der Waals surface area contributed by atoms with Crippen LogP contribution in [0.1, 0.15) is 17.0 Å². The van der Waals surface area contributed by atoms with Gasteiger partial charge >= 0.3 is 6.03 Å². The van der Waals surface area contributed by atoms with Gasteiger partial charge in [-0.15, -0.1) is 0 Å². The minimum Gasteiger partial charge on any atom is -0.362 e. The van der Waals surface area contributed by atoms with Gasteiger partial charge in [-0.25, -0.2) is 4.79 Å². The smallest absolute Gasteiger partial charge is 0.319 e. The van der Waals surface area contributed by atoms with Gasteiger partial charge in [0.2, 0.25) is 0 Å². The molecule has 0 saturated carbocycles. The van der Waals surface area contributed by atoms with Crippen molar-refractivity contribution in [3.05, 3.63) is 52.3 Å². The van der Waals surface area contributed by atoms with Crippen LogP contribution >= 0.6 is 11.6 Å². The Balaban J connectivity index is 1.78. The molecule has 1 aromatic heterocycles. The van der Waals surface area contributed by atoms with E-state index in [4.69, 9.17) is 11.6 Å². The van der Waals surface area contributed by atoms with Crippen molar-refractivity contribution in [2.75, 3.05) is 11.9 Å². The molecule has 0 atom stereocenters. The predicted molar refractivity (Wildman–Crippen MR) is 82.4 cm³/mol. The normalized spacial score (nSPS) is 10.3. The molecule has 2 rings (SSSR count). The van der Waals surface area contributed by atoms with E-state index in [0.29, 0.717) is 11.6 Å². The van der Waals surface area contributed by atoms with Gasteiger partial charge in [-0.3, -0.25) is 0 Å². The number of urea groups is 1. The van der Waals surface area contributed by atoms with E-state index in [9.17, 15) is 4.79 Å². The summed E-state index contributed by atoms with van der Waals surface area (Å²) in [5.41, 5.74) is 4.25. The second-order valence-electron chi connectivity index (χ2n) is 4.74. The summed E-state index contributed by atoms with van der Waals surface area (Å²) >= 11 is 5.79. The van der Waals surface area contributed by atoms with Gasteiger partial charge in [-0.2, -0.15) is 0 Å². The first-order chi connectivity index (χ1) is 9.54. The van der Waals surface area contributed by atoms with Crippen molar-refractivity contribution < 1.29 is 4.79 Å². The Hall–Kier alpha value is -1.94. The van der Waals surface area contributed by atoms with Crippen molar-refractivity contribution >= 4 is 23.3 Å². The highest BCUT2D eigenvalue weighted by atomic mass is 35.5. The minimum absolute atomic E-state index is 0.211. The van der Waals surface area contributed by atoms with Crippen molar-refractivity contribution in [3.63, 3.8) is 0 Å². The molecule has 106 valence electrons. The largest absolute Gasteiger partial charge is 0.362 e. The predicted octanol–water partition coefficient (Wildman–Crippen LogP) is 3.65. The number of rotatable bonds is 4. The quantitative estimate of drug-likeness (QED) is 0.791. The highest BCUT2D eigenvalue weighted by Crippen LogP contribution is 2.13. The lowest BCUT2D eigenvalue weighted by atomic mass is 10.2. The minimum atomic E-state index is -0.211. The van der Waals surface area contributed by atoms with Crippen molar-refractivity contribution in [1.29, 1.82) is 0 Å². The van der Waals surface area contributed by atoms with Crippen LogP contribution in [0.25, 0.3) is 0 Å². The number of benzene rings is 1. The lowest BCUT2D eigenvalue weighted by Gasteiger charge is -2.07. The zero-order valence-electron chi connectivity index (χ0n) is 11.6. The molecule has 3 N–H and O–H groups in total. The molecular formula is C15H18ClN3O. The molecule has 4 nitrogen and oxygen atoms in total. The first kappa shape index (κ1) is 14.5. The molecule has 0 radical (unpaired) electrons. The van der Waals surface area contributed by atoms with Gasteiger partial charge in [0, 0.05) is 28.6 Å². The van der Waals surface area contributed by atoms with E-state index >= 15 is 0 Å². The topological polar surface area (TPSA) is 56.9 Å². The number of nitrogens with one attached hydrogen (secondary N) is 3. The number of H-pyrrole nitrogens is 1. The van der Waals surface area contributed by atoms with Gasteiger partial charge in [-0.05, 0) is 56.2 Å². The van der Waals surface area contributed by atoms with Crippen molar-refractivity contribution in [2.45, 2.75) is 20.3 Å². The average Bonchev–Trinajstić information content (AvgIpc) is 2.71. The summed E-state index contributed by atoms with van der Waals surface area (Å²) in [6.45, 7) is 4.66. The summed E-state index contributed by atoms with van der Waals surface area (Å²) in [6.07, 6.45) is 0.810. The number of hydrogen-bond acceptors (Lipinski definition) is 1. The molecule has 5 heteroatoms. The molecule has 2 aromatic rings. The monoisotopic (exact) mass is 291 g/mol. The van der Waals surface area contributed by atoms with Crippen LogP contribution in [0, 0.1) is 13.8 Å². The zero-order valence-corrected chi connectivity index (χ0v) is 12.3. The molecule has 1 aromatic carbocycles. The maximum Gasteiger partial charge on any atom is 0.319 e.